The predicted molar refractivity (Wildman–Crippen MR) is 102 cm³/mol. The molecule has 2 heterocycles. The van der Waals surface area contributed by atoms with Crippen LogP contribution >= 0.6 is 11.3 Å². The summed E-state index contributed by atoms with van der Waals surface area (Å²) < 4.78 is 27.0. The molecule has 1 saturated carbocycles. The van der Waals surface area contributed by atoms with Gasteiger partial charge in [0.2, 0.25) is 5.91 Å². The summed E-state index contributed by atoms with van der Waals surface area (Å²) in [5.74, 6) is -1.99. The van der Waals surface area contributed by atoms with Crippen LogP contribution in [0.4, 0.5) is 8.78 Å². The van der Waals surface area contributed by atoms with E-state index < -0.39 is 23.6 Å². The molecule has 2 amide bonds. The third-order valence-corrected chi connectivity index (χ3v) is 6.85. The first-order chi connectivity index (χ1) is 13.3. The number of rotatable bonds is 3. The van der Waals surface area contributed by atoms with Crippen molar-refractivity contribution in [3.8, 4) is 10.4 Å². The molecule has 28 heavy (non-hydrogen) atoms. The molecular weight excluding hydrogens is 384 g/mol. The standard InChI is InChI=1S/C20H21F2N3O2S/c1-9-5-12-8-25(17(19(23)26)13(12)6-9)20(27)16-18(28-10(2)24-16)11-3-4-14(21)15(22)7-11/h3-4,7,9,12-13,17H,5-6,8H2,1-2H3,(H2,23,26). The first-order valence-corrected chi connectivity index (χ1v) is 10.1. The van der Waals surface area contributed by atoms with Crippen molar-refractivity contribution in [1.82, 2.24) is 9.88 Å². The smallest absolute Gasteiger partial charge is 0.274 e. The minimum Gasteiger partial charge on any atom is -0.368 e. The number of primary amides is 1. The Morgan fingerprint density at radius 1 is 1.25 bits per heavy atom. The van der Waals surface area contributed by atoms with Gasteiger partial charge in [-0.1, -0.05) is 13.0 Å². The van der Waals surface area contributed by atoms with Crippen molar-refractivity contribution in [3.05, 3.63) is 40.5 Å². The van der Waals surface area contributed by atoms with Gasteiger partial charge >= 0.3 is 0 Å². The molecule has 148 valence electrons. The molecule has 1 saturated heterocycles. The number of fused-ring (bicyclic) bond motifs is 1. The highest BCUT2D eigenvalue weighted by molar-refractivity contribution is 7.15. The largest absolute Gasteiger partial charge is 0.368 e. The van der Waals surface area contributed by atoms with Gasteiger partial charge in [-0.25, -0.2) is 13.8 Å². The highest BCUT2D eigenvalue weighted by Crippen LogP contribution is 2.45. The molecule has 0 bridgehead atoms. The molecule has 4 rings (SSSR count). The molecule has 0 radical (unpaired) electrons. The van der Waals surface area contributed by atoms with Crippen molar-refractivity contribution in [2.45, 2.75) is 32.7 Å². The number of likely N-dealkylation sites (tertiary alicyclic amines) is 1. The zero-order valence-corrected chi connectivity index (χ0v) is 16.4. The average Bonchev–Trinajstić information content (AvgIpc) is 3.27. The number of nitrogens with zero attached hydrogens (tertiary/aromatic N) is 2. The number of amides is 2. The third kappa shape index (κ3) is 3.09. The summed E-state index contributed by atoms with van der Waals surface area (Å²) in [6.07, 6.45) is 1.83. The molecule has 4 unspecified atom stereocenters. The number of nitrogens with two attached hydrogens (primary N) is 1. The van der Waals surface area contributed by atoms with E-state index in [0.29, 0.717) is 27.9 Å². The van der Waals surface area contributed by atoms with Gasteiger partial charge in [0.15, 0.2) is 11.6 Å². The topological polar surface area (TPSA) is 76.3 Å². The van der Waals surface area contributed by atoms with Crippen molar-refractivity contribution < 1.29 is 18.4 Å². The molecule has 2 aliphatic rings. The molecule has 1 aliphatic carbocycles. The van der Waals surface area contributed by atoms with E-state index in [-0.39, 0.29) is 23.4 Å². The van der Waals surface area contributed by atoms with Crippen LogP contribution in [-0.2, 0) is 4.79 Å². The maximum absolute atomic E-state index is 13.7. The van der Waals surface area contributed by atoms with E-state index in [1.165, 1.54) is 22.3 Å². The fourth-order valence-corrected chi connectivity index (χ4v) is 5.66. The van der Waals surface area contributed by atoms with Gasteiger partial charge in [-0.3, -0.25) is 9.59 Å². The fraction of sp³-hybridized carbons (Fsp3) is 0.450. The van der Waals surface area contributed by atoms with E-state index in [1.807, 2.05) is 0 Å². The molecule has 1 aromatic heterocycles. The lowest BCUT2D eigenvalue weighted by Gasteiger charge is -2.25. The second-order valence-corrected chi connectivity index (χ2v) is 9.05. The van der Waals surface area contributed by atoms with Crippen molar-refractivity contribution in [3.63, 3.8) is 0 Å². The quantitative estimate of drug-likeness (QED) is 0.851. The van der Waals surface area contributed by atoms with Gasteiger partial charge in [-0.05, 0) is 55.2 Å². The Labute approximate surface area is 165 Å². The molecular formula is C20H21F2N3O2S. The maximum Gasteiger partial charge on any atom is 0.274 e. The minimum absolute atomic E-state index is 0.0721. The minimum atomic E-state index is -0.985. The van der Waals surface area contributed by atoms with E-state index in [2.05, 4.69) is 11.9 Å². The number of aryl methyl sites for hydroxylation is 1. The lowest BCUT2D eigenvalue weighted by molar-refractivity contribution is -0.122. The normalized spacial score (nSPS) is 26.5. The van der Waals surface area contributed by atoms with E-state index in [4.69, 9.17) is 5.73 Å². The van der Waals surface area contributed by atoms with E-state index in [9.17, 15) is 18.4 Å². The average molecular weight is 405 g/mol. The summed E-state index contributed by atoms with van der Waals surface area (Å²) in [5.41, 5.74) is 6.20. The van der Waals surface area contributed by atoms with Gasteiger partial charge in [0.1, 0.15) is 11.7 Å². The van der Waals surface area contributed by atoms with Crippen LogP contribution < -0.4 is 5.73 Å². The third-order valence-electron chi connectivity index (χ3n) is 5.83. The number of carbonyl (C=O) groups excluding carboxylic acids is 2. The van der Waals surface area contributed by atoms with Crippen LogP contribution in [0.1, 0.15) is 35.3 Å². The number of hydrogen-bond acceptors (Lipinski definition) is 4. The van der Waals surface area contributed by atoms with Gasteiger partial charge in [0.25, 0.3) is 5.91 Å². The summed E-state index contributed by atoms with van der Waals surface area (Å²) in [6.45, 7) is 4.36. The zero-order chi connectivity index (χ0) is 20.2. The number of aromatic nitrogens is 1. The van der Waals surface area contributed by atoms with Gasteiger partial charge < -0.3 is 10.6 Å². The predicted octanol–water partition coefficient (Wildman–Crippen LogP) is 3.37. The number of benzene rings is 1. The molecule has 1 aliphatic heterocycles. The Morgan fingerprint density at radius 2 is 2.00 bits per heavy atom. The Hall–Kier alpha value is -2.35. The number of hydrogen-bond donors (Lipinski definition) is 1. The van der Waals surface area contributed by atoms with Crippen LogP contribution in [0.5, 0.6) is 0 Å². The molecule has 5 nitrogen and oxygen atoms in total. The van der Waals surface area contributed by atoms with Gasteiger partial charge in [-0.15, -0.1) is 11.3 Å². The second kappa shape index (κ2) is 6.92. The van der Waals surface area contributed by atoms with E-state index in [1.54, 1.807) is 6.92 Å². The highest BCUT2D eigenvalue weighted by Gasteiger charge is 2.51. The van der Waals surface area contributed by atoms with Gasteiger partial charge in [0, 0.05) is 6.54 Å². The summed E-state index contributed by atoms with van der Waals surface area (Å²) in [7, 11) is 0. The Balaban J connectivity index is 1.71. The van der Waals surface area contributed by atoms with E-state index in [0.717, 1.165) is 25.0 Å². The molecule has 0 spiro atoms. The van der Waals surface area contributed by atoms with Crippen LogP contribution in [0, 0.1) is 36.3 Å². The molecule has 2 fully saturated rings. The second-order valence-electron chi connectivity index (χ2n) is 7.84. The summed E-state index contributed by atoms with van der Waals surface area (Å²) in [4.78, 5) is 31.8. The summed E-state index contributed by atoms with van der Waals surface area (Å²) >= 11 is 1.24. The molecule has 2 aromatic rings. The van der Waals surface area contributed by atoms with Crippen LogP contribution in [0.15, 0.2) is 18.2 Å². The van der Waals surface area contributed by atoms with Gasteiger partial charge in [-0.2, -0.15) is 0 Å². The molecule has 2 N–H and O–H groups in total. The Bertz CT molecular complexity index is 961. The van der Waals surface area contributed by atoms with Crippen LogP contribution in [-0.4, -0.2) is 34.3 Å². The van der Waals surface area contributed by atoms with Crippen LogP contribution in [0.3, 0.4) is 0 Å². The van der Waals surface area contributed by atoms with E-state index >= 15 is 0 Å². The first kappa shape index (κ1) is 19.0. The highest BCUT2D eigenvalue weighted by atomic mass is 32.1. The number of thiazole rings is 1. The lowest BCUT2D eigenvalue weighted by Crippen LogP contribution is -2.46. The molecule has 4 atom stereocenters. The summed E-state index contributed by atoms with van der Waals surface area (Å²) in [6, 6.07) is 2.86. The van der Waals surface area contributed by atoms with Crippen LogP contribution in [0.2, 0.25) is 0 Å². The van der Waals surface area contributed by atoms with Crippen molar-refractivity contribution in [2.75, 3.05) is 6.54 Å². The monoisotopic (exact) mass is 405 g/mol. The van der Waals surface area contributed by atoms with Crippen molar-refractivity contribution >= 4 is 23.2 Å². The zero-order valence-electron chi connectivity index (χ0n) is 15.6. The lowest BCUT2D eigenvalue weighted by atomic mass is 9.93. The SMILES string of the molecule is Cc1nc(C(=O)N2CC3CC(C)CC3C2C(N)=O)c(-c2ccc(F)c(F)c2)s1. The fourth-order valence-electron chi connectivity index (χ4n) is 4.75. The Kier molecular flexibility index (Phi) is 4.69. The Morgan fingerprint density at radius 3 is 2.68 bits per heavy atom. The number of carbonyl (C=O) groups is 2. The van der Waals surface area contributed by atoms with Crippen LogP contribution in [0.25, 0.3) is 10.4 Å². The van der Waals surface area contributed by atoms with Crippen molar-refractivity contribution in [2.24, 2.45) is 23.5 Å². The molecule has 1 aromatic carbocycles. The van der Waals surface area contributed by atoms with Crippen molar-refractivity contribution in [1.29, 1.82) is 0 Å². The number of halogens is 2. The molecule has 8 heteroatoms. The van der Waals surface area contributed by atoms with Gasteiger partial charge in [0.05, 0.1) is 9.88 Å². The first-order valence-electron chi connectivity index (χ1n) is 9.29. The maximum atomic E-state index is 13.7. The summed E-state index contributed by atoms with van der Waals surface area (Å²) in [5, 5.41) is 0.631.